The van der Waals surface area contributed by atoms with Gasteiger partial charge in [0, 0.05) is 31.1 Å². The third-order valence-corrected chi connectivity index (χ3v) is 8.75. The number of nitrogen functional groups attached to an aromatic ring is 1. The zero-order chi connectivity index (χ0) is 25.0. The first-order valence-corrected chi connectivity index (χ1v) is 13.3. The number of hydrogen-bond donors (Lipinski definition) is 3. The highest BCUT2D eigenvalue weighted by atomic mass is 32.1. The van der Waals surface area contributed by atoms with Crippen LogP contribution in [-0.2, 0) is 17.6 Å². The van der Waals surface area contributed by atoms with Crippen molar-refractivity contribution in [3.63, 3.8) is 0 Å². The lowest BCUT2D eigenvalue weighted by molar-refractivity contribution is -0.0717. The van der Waals surface area contributed by atoms with Crippen LogP contribution in [0.3, 0.4) is 0 Å². The van der Waals surface area contributed by atoms with E-state index < -0.39 is 5.60 Å². The summed E-state index contributed by atoms with van der Waals surface area (Å²) in [5.41, 5.74) is 15.6. The minimum atomic E-state index is -0.407. The number of ether oxygens (including phenoxy) is 1. The van der Waals surface area contributed by atoms with Gasteiger partial charge in [0.1, 0.15) is 20.8 Å². The van der Waals surface area contributed by atoms with Crippen LogP contribution in [0.15, 0.2) is 12.3 Å². The molecule has 5 N–H and O–H groups in total. The first-order chi connectivity index (χ1) is 17.3. The van der Waals surface area contributed by atoms with Crippen LogP contribution >= 0.6 is 11.3 Å². The average molecular weight is 512 g/mol. The molecule has 3 aromatic rings. The minimum Gasteiger partial charge on any atom is -0.396 e. The fourth-order valence-corrected chi connectivity index (χ4v) is 6.72. The van der Waals surface area contributed by atoms with Gasteiger partial charge in [-0.3, -0.25) is 4.79 Å². The SMILES string of the molecule is Cc1cnc2c(N)c(C(=O)NC3CCc4nc(N5CC(N)C6(CCCCO6)C5)c(F)cc4C3)sc2n1. The van der Waals surface area contributed by atoms with Gasteiger partial charge >= 0.3 is 0 Å². The van der Waals surface area contributed by atoms with Crippen molar-refractivity contribution in [3.05, 3.63) is 39.9 Å². The topological polar surface area (TPSA) is 132 Å². The van der Waals surface area contributed by atoms with Crippen LogP contribution in [-0.4, -0.2) is 58.2 Å². The Morgan fingerprint density at radius 3 is 3.03 bits per heavy atom. The molecular weight excluding hydrogens is 481 g/mol. The molecule has 6 rings (SSSR count). The number of carbonyl (C=O) groups is 1. The van der Waals surface area contributed by atoms with E-state index in [-0.39, 0.29) is 23.8 Å². The van der Waals surface area contributed by atoms with Gasteiger partial charge in [0.25, 0.3) is 5.91 Å². The molecule has 190 valence electrons. The predicted octanol–water partition coefficient (Wildman–Crippen LogP) is 2.49. The van der Waals surface area contributed by atoms with Crippen LogP contribution in [0, 0.1) is 12.7 Å². The average Bonchev–Trinajstić information content (AvgIpc) is 3.35. The quantitative estimate of drug-likeness (QED) is 0.489. The Kier molecular flexibility index (Phi) is 5.81. The molecule has 0 bridgehead atoms. The lowest BCUT2D eigenvalue weighted by Crippen LogP contribution is -2.51. The smallest absolute Gasteiger partial charge is 0.263 e. The van der Waals surface area contributed by atoms with Gasteiger partial charge in [0.15, 0.2) is 11.6 Å². The summed E-state index contributed by atoms with van der Waals surface area (Å²) in [7, 11) is 0. The van der Waals surface area contributed by atoms with Crippen LogP contribution in [0.2, 0.25) is 0 Å². The number of nitrogens with one attached hydrogen (secondary N) is 1. The summed E-state index contributed by atoms with van der Waals surface area (Å²) in [6, 6.07) is 1.27. The van der Waals surface area contributed by atoms with E-state index in [4.69, 9.17) is 21.2 Å². The van der Waals surface area contributed by atoms with Crippen LogP contribution in [0.25, 0.3) is 10.3 Å². The summed E-state index contributed by atoms with van der Waals surface area (Å²) in [6.45, 7) is 3.64. The maximum Gasteiger partial charge on any atom is 0.263 e. The number of rotatable bonds is 3. The number of halogens is 1. The van der Waals surface area contributed by atoms with Crippen molar-refractivity contribution in [2.45, 2.75) is 63.1 Å². The van der Waals surface area contributed by atoms with Crippen LogP contribution in [0.5, 0.6) is 0 Å². The zero-order valence-electron chi connectivity index (χ0n) is 20.2. The molecule has 36 heavy (non-hydrogen) atoms. The molecule has 1 aliphatic carbocycles. The highest BCUT2D eigenvalue weighted by Crippen LogP contribution is 2.37. The molecule has 3 unspecified atom stereocenters. The molecule has 1 spiro atoms. The van der Waals surface area contributed by atoms with E-state index >= 15 is 4.39 Å². The third-order valence-electron chi connectivity index (χ3n) is 7.66. The van der Waals surface area contributed by atoms with Crippen LogP contribution in [0.1, 0.15) is 52.3 Å². The van der Waals surface area contributed by atoms with Crippen molar-refractivity contribution < 1.29 is 13.9 Å². The second kappa shape index (κ2) is 8.89. The van der Waals surface area contributed by atoms with Gasteiger partial charge in [-0.15, -0.1) is 11.3 Å². The maximum absolute atomic E-state index is 15.3. The normalized spacial score (nSPS) is 25.9. The molecule has 2 saturated heterocycles. The number of carbonyl (C=O) groups excluding carboxylic acids is 1. The second-order valence-electron chi connectivity index (χ2n) is 10.2. The molecule has 2 aliphatic heterocycles. The van der Waals surface area contributed by atoms with Crippen molar-refractivity contribution in [1.82, 2.24) is 20.3 Å². The van der Waals surface area contributed by atoms with Crippen molar-refractivity contribution in [3.8, 4) is 0 Å². The number of aryl methyl sites for hydroxylation is 2. The van der Waals surface area contributed by atoms with E-state index in [1.807, 2.05) is 11.8 Å². The fourth-order valence-electron chi connectivity index (χ4n) is 5.72. The van der Waals surface area contributed by atoms with E-state index in [0.29, 0.717) is 65.7 Å². The summed E-state index contributed by atoms with van der Waals surface area (Å²) >= 11 is 1.24. The molecule has 9 nitrogen and oxygen atoms in total. The monoisotopic (exact) mass is 511 g/mol. The Morgan fingerprint density at radius 2 is 2.22 bits per heavy atom. The molecule has 2 fully saturated rings. The number of nitrogens with zero attached hydrogens (tertiary/aromatic N) is 4. The summed E-state index contributed by atoms with van der Waals surface area (Å²) < 4.78 is 21.4. The van der Waals surface area contributed by atoms with E-state index in [1.165, 1.54) is 11.3 Å². The molecule has 5 heterocycles. The third kappa shape index (κ3) is 3.99. The lowest BCUT2D eigenvalue weighted by Gasteiger charge is -2.36. The molecule has 11 heteroatoms. The Morgan fingerprint density at radius 1 is 1.36 bits per heavy atom. The van der Waals surface area contributed by atoms with Crippen molar-refractivity contribution >= 4 is 39.1 Å². The van der Waals surface area contributed by atoms with Crippen molar-refractivity contribution in [2.24, 2.45) is 5.73 Å². The summed E-state index contributed by atoms with van der Waals surface area (Å²) in [5, 5.41) is 3.07. The van der Waals surface area contributed by atoms with Gasteiger partial charge < -0.3 is 26.4 Å². The largest absolute Gasteiger partial charge is 0.396 e. The number of pyridine rings is 1. The Hall–Kier alpha value is -2.89. The van der Waals surface area contributed by atoms with E-state index in [2.05, 4.69) is 15.3 Å². The second-order valence-corrected chi connectivity index (χ2v) is 11.2. The van der Waals surface area contributed by atoms with Gasteiger partial charge in [-0.05, 0) is 57.1 Å². The number of anilines is 2. The molecule has 3 aromatic heterocycles. The van der Waals surface area contributed by atoms with Gasteiger partial charge in [-0.25, -0.2) is 19.3 Å². The Labute approximate surface area is 212 Å². The van der Waals surface area contributed by atoms with Crippen LogP contribution < -0.4 is 21.7 Å². The van der Waals surface area contributed by atoms with Gasteiger partial charge in [-0.1, -0.05) is 0 Å². The highest BCUT2D eigenvalue weighted by Gasteiger charge is 2.47. The molecule has 0 saturated carbocycles. The molecule has 3 atom stereocenters. The van der Waals surface area contributed by atoms with E-state index in [9.17, 15) is 4.79 Å². The summed E-state index contributed by atoms with van der Waals surface area (Å²) in [6.07, 6.45) is 6.53. The van der Waals surface area contributed by atoms with Gasteiger partial charge in [-0.2, -0.15) is 0 Å². The number of fused-ring (bicyclic) bond motifs is 2. The lowest BCUT2D eigenvalue weighted by atomic mass is 9.89. The maximum atomic E-state index is 15.3. The zero-order valence-corrected chi connectivity index (χ0v) is 21.0. The summed E-state index contributed by atoms with van der Waals surface area (Å²) in [4.78, 5) is 29.5. The Balaban J connectivity index is 1.17. The molecule has 1 amide bonds. The Bertz CT molecular complexity index is 1340. The first kappa shape index (κ1) is 23.5. The van der Waals surface area contributed by atoms with Gasteiger partial charge in [0.05, 0.1) is 24.0 Å². The van der Waals surface area contributed by atoms with E-state index in [0.717, 1.165) is 36.2 Å². The molecule has 0 radical (unpaired) electrons. The first-order valence-electron chi connectivity index (χ1n) is 12.5. The fraction of sp³-hybridized carbons (Fsp3) is 0.520. The number of aromatic nitrogens is 3. The van der Waals surface area contributed by atoms with Gasteiger partial charge in [0.2, 0.25) is 0 Å². The number of amides is 1. The van der Waals surface area contributed by atoms with Crippen LogP contribution in [0.4, 0.5) is 15.9 Å². The minimum absolute atomic E-state index is 0.136. The number of thiophene rings is 1. The standard InChI is InChI=1S/C25H30FN7O2S/c1-13-10-29-20-19(28)21(36-24(20)30-13)23(34)31-15-4-5-17-14(8-15)9-16(26)22(32-17)33-11-18(27)25(12-33)6-2-3-7-35-25/h9-10,15,18H,2-8,11-12,27-28H2,1H3,(H,31,34). The summed E-state index contributed by atoms with van der Waals surface area (Å²) in [5.74, 6) is -0.259. The number of hydrogen-bond acceptors (Lipinski definition) is 9. The molecular formula is C25H30FN7O2S. The molecule has 3 aliphatic rings. The predicted molar refractivity (Wildman–Crippen MR) is 137 cm³/mol. The number of nitrogens with two attached hydrogens (primary N) is 2. The highest BCUT2D eigenvalue weighted by molar-refractivity contribution is 7.21. The molecule has 0 aromatic carbocycles. The van der Waals surface area contributed by atoms with Crippen molar-refractivity contribution in [2.75, 3.05) is 30.3 Å². The van der Waals surface area contributed by atoms with Crippen molar-refractivity contribution in [1.29, 1.82) is 0 Å². The van der Waals surface area contributed by atoms with E-state index in [1.54, 1.807) is 12.3 Å².